The van der Waals surface area contributed by atoms with Gasteiger partial charge in [0.15, 0.2) is 0 Å². The Balaban J connectivity index is 2.88. The predicted octanol–water partition coefficient (Wildman–Crippen LogP) is 1.39. The highest BCUT2D eigenvalue weighted by molar-refractivity contribution is 5.94. The molecule has 0 bridgehead atoms. The van der Waals surface area contributed by atoms with Gasteiger partial charge >= 0.3 is 0 Å². The van der Waals surface area contributed by atoms with Gasteiger partial charge in [-0.15, -0.1) is 0 Å². The number of benzene rings is 1. The summed E-state index contributed by atoms with van der Waals surface area (Å²) in [6.45, 7) is 0. The van der Waals surface area contributed by atoms with E-state index in [1.165, 1.54) is 6.20 Å². The van der Waals surface area contributed by atoms with Crippen molar-refractivity contribution in [3.63, 3.8) is 0 Å². The first kappa shape index (κ1) is 12.3. The zero-order valence-electron chi connectivity index (χ0n) is 9.19. The van der Waals surface area contributed by atoms with Crippen LogP contribution in [0.1, 0.15) is 10.4 Å². The maximum absolute atomic E-state index is 11.4. The fourth-order valence-corrected chi connectivity index (χ4v) is 1.14. The molecule has 1 aromatic rings. The number of carbonyl (C=O) groups excluding carboxylic acids is 1. The van der Waals surface area contributed by atoms with Crippen molar-refractivity contribution in [2.24, 2.45) is 0 Å². The van der Waals surface area contributed by atoms with Crippen molar-refractivity contribution in [1.29, 1.82) is 10.5 Å². The predicted molar refractivity (Wildman–Crippen MR) is 62.8 cm³/mol. The molecule has 0 spiro atoms. The van der Waals surface area contributed by atoms with Crippen molar-refractivity contribution >= 4 is 11.6 Å². The van der Waals surface area contributed by atoms with E-state index in [1.807, 2.05) is 0 Å². The Labute approximate surface area is 99.0 Å². The monoisotopic (exact) mass is 226 g/mol. The van der Waals surface area contributed by atoms with Crippen LogP contribution in [0.2, 0.25) is 0 Å². The van der Waals surface area contributed by atoms with Crippen LogP contribution in [0.25, 0.3) is 0 Å². The molecule has 0 aliphatic carbocycles. The average molecular weight is 226 g/mol. The fraction of sp³-hybridized carbons (Fsp3) is 0.0833. The highest BCUT2D eigenvalue weighted by Crippen LogP contribution is 2.10. The number of nitrogens with one attached hydrogen (secondary N) is 2. The van der Waals surface area contributed by atoms with Crippen LogP contribution >= 0.6 is 0 Å². The molecular weight excluding hydrogens is 216 g/mol. The van der Waals surface area contributed by atoms with E-state index in [2.05, 4.69) is 10.6 Å². The van der Waals surface area contributed by atoms with E-state index in [9.17, 15) is 4.79 Å². The van der Waals surface area contributed by atoms with Crippen molar-refractivity contribution in [1.82, 2.24) is 5.32 Å². The Kier molecular flexibility index (Phi) is 4.29. The smallest absolute Gasteiger partial charge is 0.251 e. The standard InChI is InChI=1S/C12H10N4O/c1-15-12(17)10-3-2-4-11(5-10)16-8-9(6-13)7-14/h2-5,8,16H,1H3,(H,15,17). The topological polar surface area (TPSA) is 88.7 Å². The van der Waals surface area contributed by atoms with Gasteiger partial charge in [-0.3, -0.25) is 4.79 Å². The molecule has 84 valence electrons. The lowest BCUT2D eigenvalue weighted by Gasteiger charge is -2.03. The van der Waals surface area contributed by atoms with E-state index < -0.39 is 0 Å². The Hall–Kier alpha value is -2.79. The molecule has 0 atom stereocenters. The number of rotatable bonds is 3. The molecule has 0 aromatic heterocycles. The second kappa shape index (κ2) is 5.94. The van der Waals surface area contributed by atoms with Gasteiger partial charge in [0.25, 0.3) is 5.91 Å². The number of hydrogen-bond acceptors (Lipinski definition) is 4. The SMILES string of the molecule is CNC(=O)c1cccc(NC=C(C#N)C#N)c1. The molecular formula is C12H10N4O. The molecule has 1 amide bonds. The molecule has 0 heterocycles. The van der Waals surface area contributed by atoms with Gasteiger partial charge in [-0.25, -0.2) is 0 Å². The quantitative estimate of drug-likeness (QED) is 0.762. The normalized spacial score (nSPS) is 8.41. The molecule has 0 aliphatic heterocycles. The van der Waals surface area contributed by atoms with E-state index in [-0.39, 0.29) is 11.5 Å². The molecule has 1 rings (SSSR count). The molecule has 5 nitrogen and oxygen atoms in total. The van der Waals surface area contributed by atoms with Gasteiger partial charge in [0.05, 0.1) is 0 Å². The summed E-state index contributed by atoms with van der Waals surface area (Å²) in [7, 11) is 1.55. The Bertz CT molecular complexity index is 518. The Morgan fingerprint density at radius 1 is 1.35 bits per heavy atom. The summed E-state index contributed by atoms with van der Waals surface area (Å²) in [6.07, 6.45) is 1.29. The van der Waals surface area contributed by atoms with Crippen LogP contribution < -0.4 is 10.6 Å². The number of allylic oxidation sites excluding steroid dienone is 1. The lowest BCUT2D eigenvalue weighted by molar-refractivity contribution is 0.0963. The number of amides is 1. The van der Waals surface area contributed by atoms with Gasteiger partial charge < -0.3 is 10.6 Å². The molecule has 1 aromatic carbocycles. The van der Waals surface area contributed by atoms with Gasteiger partial charge in [-0.1, -0.05) is 6.07 Å². The molecule has 0 radical (unpaired) electrons. The van der Waals surface area contributed by atoms with Gasteiger partial charge in [0.2, 0.25) is 0 Å². The van der Waals surface area contributed by atoms with Crippen LogP contribution in [0.4, 0.5) is 5.69 Å². The first-order valence-corrected chi connectivity index (χ1v) is 4.80. The minimum Gasteiger partial charge on any atom is -0.360 e. The average Bonchev–Trinajstić information content (AvgIpc) is 2.39. The van der Waals surface area contributed by atoms with Crippen molar-refractivity contribution in [2.75, 3.05) is 12.4 Å². The molecule has 0 fully saturated rings. The van der Waals surface area contributed by atoms with Crippen molar-refractivity contribution in [2.45, 2.75) is 0 Å². The molecule has 17 heavy (non-hydrogen) atoms. The van der Waals surface area contributed by atoms with E-state index in [1.54, 1.807) is 43.5 Å². The molecule has 2 N–H and O–H groups in total. The summed E-state index contributed by atoms with van der Waals surface area (Å²) in [4.78, 5) is 11.4. The molecule has 0 saturated heterocycles. The van der Waals surface area contributed by atoms with Crippen LogP contribution in [0.3, 0.4) is 0 Å². The Morgan fingerprint density at radius 2 is 2.06 bits per heavy atom. The number of hydrogen-bond donors (Lipinski definition) is 2. The summed E-state index contributed by atoms with van der Waals surface area (Å²) in [5.74, 6) is -0.196. The third-order valence-corrected chi connectivity index (χ3v) is 1.98. The molecule has 0 saturated carbocycles. The lowest BCUT2D eigenvalue weighted by atomic mass is 10.2. The van der Waals surface area contributed by atoms with Gasteiger partial charge in [-0.05, 0) is 18.2 Å². The first-order valence-electron chi connectivity index (χ1n) is 4.80. The van der Waals surface area contributed by atoms with E-state index in [0.29, 0.717) is 11.3 Å². The van der Waals surface area contributed by atoms with Crippen LogP contribution in [0.15, 0.2) is 36.0 Å². The number of nitriles is 2. The van der Waals surface area contributed by atoms with Gasteiger partial charge in [-0.2, -0.15) is 10.5 Å². The lowest BCUT2D eigenvalue weighted by Crippen LogP contribution is -2.17. The summed E-state index contributed by atoms with van der Waals surface area (Å²) >= 11 is 0. The first-order chi connectivity index (χ1) is 8.21. The number of carbonyl (C=O) groups is 1. The zero-order valence-corrected chi connectivity index (χ0v) is 9.19. The number of nitrogens with zero attached hydrogens (tertiary/aromatic N) is 2. The third-order valence-electron chi connectivity index (χ3n) is 1.98. The second-order valence-electron chi connectivity index (χ2n) is 3.09. The van der Waals surface area contributed by atoms with Crippen LogP contribution in [-0.2, 0) is 0 Å². The van der Waals surface area contributed by atoms with Crippen molar-refractivity contribution < 1.29 is 4.79 Å². The van der Waals surface area contributed by atoms with Gasteiger partial charge in [0.1, 0.15) is 17.7 Å². The number of anilines is 1. The van der Waals surface area contributed by atoms with E-state index in [0.717, 1.165) is 0 Å². The zero-order chi connectivity index (χ0) is 12.7. The summed E-state index contributed by atoms with van der Waals surface area (Å²) in [5.41, 5.74) is 1.10. The molecule has 0 unspecified atom stereocenters. The highest BCUT2D eigenvalue weighted by Gasteiger charge is 2.02. The Morgan fingerprint density at radius 3 is 2.65 bits per heavy atom. The van der Waals surface area contributed by atoms with Crippen LogP contribution in [0.5, 0.6) is 0 Å². The van der Waals surface area contributed by atoms with Gasteiger partial charge in [0, 0.05) is 24.5 Å². The van der Waals surface area contributed by atoms with Crippen molar-refractivity contribution in [3.05, 3.63) is 41.6 Å². The largest absolute Gasteiger partial charge is 0.360 e. The highest BCUT2D eigenvalue weighted by atomic mass is 16.1. The van der Waals surface area contributed by atoms with E-state index in [4.69, 9.17) is 10.5 Å². The summed E-state index contributed by atoms with van der Waals surface area (Å²) < 4.78 is 0. The summed E-state index contributed by atoms with van der Waals surface area (Å²) in [6, 6.07) is 10.2. The maximum Gasteiger partial charge on any atom is 0.251 e. The molecule has 0 aliphatic rings. The summed E-state index contributed by atoms with van der Waals surface area (Å²) in [5, 5.41) is 22.4. The minimum absolute atomic E-state index is 0.0321. The van der Waals surface area contributed by atoms with Crippen LogP contribution in [0, 0.1) is 22.7 Å². The van der Waals surface area contributed by atoms with Crippen LogP contribution in [-0.4, -0.2) is 13.0 Å². The van der Waals surface area contributed by atoms with Crippen molar-refractivity contribution in [3.8, 4) is 12.1 Å². The minimum atomic E-state index is -0.196. The van der Waals surface area contributed by atoms with E-state index >= 15 is 0 Å². The molecule has 5 heteroatoms. The fourth-order valence-electron chi connectivity index (χ4n) is 1.14. The third kappa shape index (κ3) is 3.37. The second-order valence-corrected chi connectivity index (χ2v) is 3.09. The maximum atomic E-state index is 11.4.